The highest BCUT2D eigenvalue weighted by Gasteiger charge is 2.30. The van der Waals surface area contributed by atoms with Gasteiger partial charge in [-0.3, -0.25) is 9.59 Å². The predicted molar refractivity (Wildman–Crippen MR) is 124 cm³/mol. The summed E-state index contributed by atoms with van der Waals surface area (Å²) in [6.45, 7) is 0. The molecule has 1 fully saturated rings. The molecule has 11 heteroatoms. The van der Waals surface area contributed by atoms with Gasteiger partial charge < -0.3 is 10.6 Å². The highest BCUT2D eigenvalue weighted by Crippen LogP contribution is 2.32. The third-order valence-electron chi connectivity index (χ3n) is 5.31. The van der Waals surface area contributed by atoms with Gasteiger partial charge in [0.25, 0.3) is 5.91 Å². The van der Waals surface area contributed by atoms with Gasteiger partial charge in [0.05, 0.1) is 17.3 Å². The molecule has 7 nitrogen and oxygen atoms in total. The second kappa shape index (κ2) is 9.06. The van der Waals surface area contributed by atoms with Gasteiger partial charge >= 0.3 is 6.18 Å². The van der Waals surface area contributed by atoms with Gasteiger partial charge in [0.15, 0.2) is 11.5 Å². The second-order valence-corrected chi connectivity index (χ2v) is 9.05. The van der Waals surface area contributed by atoms with E-state index in [2.05, 4.69) is 20.7 Å². The molecule has 0 radical (unpaired) electrons. The fourth-order valence-electron chi connectivity index (χ4n) is 3.35. The average Bonchev–Trinajstić information content (AvgIpc) is 3.60. The number of nitrogens with one attached hydrogen (secondary N) is 2. The molecule has 35 heavy (non-hydrogen) atoms. The lowest BCUT2D eigenvalue weighted by Gasteiger charge is -2.11. The van der Waals surface area contributed by atoms with Crippen molar-refractivity contribution >= 4 is 40.7 Å². The summed E-state index contributed by atoms with van der Waals surface area (Å²) in [5.74, 6) is -0.0189. The van der Waals surface area contributed by atoms with Gasteiger partial charge in [-0.05, 0) is 61.4 Å². The number of imidazole rings is 1. The van der Waals surface area contributed by atoms with E-state index in [-0.39, 0.29) is 17.5 Å². The fraction of sp³-hybridized carbons (Fsp3) is 0.167. The maximum atomic E-state index is 12.9. The van der Waals surface area contributed by atoms with Crippen molar-refractivity contribution in [3.63, 3.8) is 0 Å². The first kappa shape index (κ1) is 22.9. The molecule has 1 aliphatic rings. The molecule has 0 atom stereocenters. The highest BCUT2D eigenvalue weighted by molar-refractivity contribution is 7.99. The molecular formula is C24H18F3N5O2S. The molecule has 2 aromatic carbocycles. The van der Waals surface area contributed by atoms with Gasteiger partial charge in [-0.1, -0.05) is 23.9 Å². The number of carbonyl (C=O) groups is 2. The Labute approximate surface area is 201 Å². The normalized spacial score (nSPS) is 13.6. The summed E-state index contributed by atoms with van der Waals surface area (Å²) in [7, 11) is 0. The first-order valence-electron chi connectivity index (χ1n) is 10.7. The number of hydrogen-bond donors (Lipinski definition) is 2. The molecule has 2 aromatic heterocycles. The van der Waals surface area contributed by atoms with Crippen molar-refractivity contribution in [3.8, 4) is 0 Å². The summed E-state index contributed by atoms with van der Waals surface area (Å²) in [4.78, 5) is 29.8. The molecule has 0 unspecified atom stereocenters. The zero-order valence-corrected chi connectivity index (χ0v) is 18.9. The summed E-state index contributed by atoms with van der Waals surface area (Å²) in [6.07, 6.45) is -1.03. The Morgan fingerprint density at radius 1 is 0.971 bits per heavy atom. The van der Waals surface area contributed by atoms with Crippen LogP contribution in [0.5, 0.6) is 0 Å². The van der Waals surface area contributed by atoms with Crippen LogP contribution in [0.15, 0.2) is 76.8 Å². The van der Waals surface area contributed by atoms with Crippen LogP contribution in [0.2, 0.25) is 0 Å². The molecule has 1 aliphatic carbocycles. The molecule has 178 valence electrons. The van der Waals surface area contributed by atoms with Gasteiger partial charge in [0.2, 0.25) is 5.91 Å². The smallest absolute Gasteiger partial charge is 0.322 e. The largest absolute Gasteiger partial charge is 0.416 e. The molecule has 5 rings (SSSR count). The number of hydrogen-bond acceptors (Lipinski definition) is 5. The molecule has 0 saturated heterocycles. The van der Waals surface area contributed by atoms with Crippen molar-refractivity contribution < 1.29 is 22.8 Å². The van der Waals surface area contributed by atoms with Crippen molar-refractivity contribution in [3.05, 3.63) is 78.0 Å². The van der Waals surface area contributed by atoms with E-state index >= 15 is 0 Å². The zero-order chi connectivity index (χ0) is 24.6. The van der Waals surface area contributed by atoms with Crippen LogP contribution in [0.25, 0.3) is 5.65 Å². The second-order valence-electron chi connectivity index (χ2n) is 7.99. The van der Waals surface area contributed by atoms with Gasteiger partial charge in [0, 0.05) is 16.5 Å². The molecule has 0 aliphatic heterocycles. The summed E-state index contributed by atoms with van der Waals surface area (Å²) >= 11 is 1.26. The molecule has 2 N–H and O–H groups in total. The monoisotopic (exact) mass is 497 g/mol. The maximum Gasteiger partial charge on any atom is 0.416 e. The van der Waals surface area contributed by atoms with E-state index in [9.17, 15) is 22.8 Å². The summed E-state index contributed by atoms with van der Waals surface area (Å²) in [5, 5.41) is 10.5. The van der Waals surface area contributed by atoms with Crippen LogP contribution in [0.4, 0.5) is 24.7 Å². The number of benzene rings is 2. The number of amides is 2. The van der Waals surface area contributed by atoms with Crippen molar-refractivity contribution in [2.75, 3.05) is 10.6 Å². The quantitative estimate of drug-likeness (QED) is 0.367. The number of halogens is 3. The number of aromatic nitrogens is 3. The average molecular weight is 498 g/mol. The summed E-state index contributed by atoms with van der Waals surface area (Å²) in [6, 6.07) is 14.6. The third kappa shape index (κ3) is 5.29. The SMILES string of the molecule is O=C(Nc1ccc(C(F)(F)F)cc1)c1ccccc1Sc1ccc2nc(NC(=O)C3CC3)cn2n1. The molecule has 0 bridgehead atoms. The van der Waals surface area contributed by atoms with Gasteiger partial charge in [0.1, 0.15) is 5.03 Å². The lowest BCUT2D eigenvalue weighted by atomic mass is 10.1. The molecule has 1 saturated carbocycles. The highest BCUT2D eigenvalue weighted by atomic mass is 32.2. The Hall–Kier alpha value is -3.86. The molecule has 0 spiro atoms. The van der Waals surface area contributed by atoms with E-state index in [0.29, 0.717) is 26.9 Å². The lowest BCUT2D eigenvalue weighted by Crippen LogP contribution is -2.13. The van der Waals surface area contributed by atoms with E-state index in [1.807, 2.05) is 0 Å². The van der Waals surface area contributed by atoms with Crippen molar-refractivity contribution in [2.45, 2.75) is 28.9 Å². The zero-order valence-electron chi connectivity index (χ0n) is 18.0. The molecule has 2 heterocycles. The minimum absolute atomic E-state index is 0.0454. The minimum atomic E-state index is -4.45. The Morgan fingerprint density at radius 2 is 1.71 bits per heavy atom. The van der Waals surface area contributed by atoms with E-state index in [1.54, 1.807) is 47.1 Å². The van der Waals surface area contributed by atoms with Crippen molar-refractivity contribution in [2.24, 2.45) is 5.92 Å². The van der Waals surface area contributed by atoms with Crippen LogP contribution in [0.1, 0.15) is 28.8 Å². The summed E-state index contributed by atoms with van der Waals surface area (Å²) in [5.41, 5.74) is 0.375. The number of nitrogens with zero attached hydrogens (tertiary/aromatic N) is 3. The van der Waals surface area contributed by atoms with Crippen LogP contribution in [0.3, 0.4) is 0 Å². The lowest BCUT2D eigenvalue weighted by molar-refractivity contribution is -0.137. The number of alkyl halides is 3. The van der Waals surface area contributed by atoms with E-state index in [4.69, 9.17) is 0 Å². The number of carbonyl (C=O) groups excluding carboxylic acids is 2. The summed E-state index contributed by atoms with van der Waals surface area (Å²) < 4.78 is 39.9. The Bertz CT molecular complexity index is 1410. The molecule has 4 aromatic rings. The Kier molecular flexibility index (Phi) is 5.93. The number of rotatable bonds is 6. The maximum absolute atomic E-state index is 12.9. The van der Waals surface area contributed by atoms with Gasteiger partial charge in [-0.25, -0.2) is 9.50 Å². The first-order valence-corrected chi connectivity index (χ1v) is 11.5. The third-order valence-corrected chi connectivity index (χ3v) is 6.31. The topological polar surface area (TPSA) is 88.4 Å². The number of fused-ring (bicyclic) bond motifs is 1. The predicted octanol–water partition coefficient (Wildman–Crippen LogP) is 5.50. The Morgan fingerprint density at radius 3 is 2.43 bits per heavy atom. The van der Waals surface area contributed by atoms with E-state index in [0.717, 1.165) is 25.0 Å². The van der Waals surface area contributed by atoms with Crippen LogP contribution < -0.4 is 10.6 Å². The minimum Gasteiger partial charge on any atom is -0.322 e. The fourth-order valence-corrected chi connectivity index (χ4v) is 4.26. The molecule has 2 amide bonds. The van der Waals surface area contributed by atoms with E-state index in [1.165, 1.54) is 23.9 Å². The Balaban J connectivity index is 1.32. The van der Waals surface area contributed by atoms with Crippen LogP contribution >= 0.6 is 11.8 Å². The van der Waals surface area contributed by atoms with Gasteiger partial charge in [-0.15, -0.1) is 0 Å². The van der Waals surface area contributed by atoms with Crippen LogP contribution in [-0.4, -0.2) is 26.4 Å². The van der Waals surface area contributed by atoms with Crippen LogP contribution in [0, 0.1) is 5.92 Å². The molecular weight excluding hydrogens is 479 g/mol. The van der Waals surface area contributed by atoms with E-state index < -0.39 is 17.6 Å². The first-order chi connectivity index (χ1) is 16.8. The van der Waals surface area contributed by atoms with Crippen LogP contribution in [-0.2, 0) is 11.0 Å². The standard InChI is InChI=1S/C24H18F3N5O2S/c25-24(26,27)15-7-9-16(10-8-15)28-23(34)17-3-1-2-4-18(17)35-21-12-11-20-29-19(13-32(20)31-21)30-22(33)14-5-6-14/h1-4,7-14H,5-6H2,(H,28,34)(H,30,33). The van der Waals surface area contributed by atoms with Gasteiger partial charge in [-0.2, -0.15) is 18.3 Å². The number of anilines is 2. The van der Waals surface area contributed by atoms with Crippen molar-refractivity contribution in [1.29, 1.82) is 0 Å². The van der Waals surface area contributed by atoms with Crippen molar-refractivity contribution in [1.82, 2.24) is 14.6 Å².